The van der Waals surface area contributed by atoms with E-state index in [4.69, 9.17) is 37.7 Å². The zero-order valence-corrected chi connectivity index (χ0v) is 26.5. The van der Waals surface area contributed by atoms with Crippen molar-refractivity contribution in [1.29, 1.82) is 0 Å². The predicted molar refractivity (Wildman–Crippen MR) is 176 cm³/mol. The Morgan fingerprint density at radius 3 is 2.35 bits per heavy atom. The second-order valence-electron chi connectivity index (χ2n) is 10.7. The fourth-order valence-electron chi connectivity index (χ4n) is 5.25. The van der Waals surface area contributed by atoms with Crippen LogP contribution in [0, 0.1) is 6.92 Å². The summed E-state index contributed by atoms with van der Waals surface area (Å²) >= 11 is 13.3. The van der Waals surface area contributed by atoms with Crippen LogP contribution in [-0.4, -0.2) is 52.8 Å². The number of fused-ring (bicyclic) bond motifs is 2. The lowest BCUT2D eigenvalue weighted by Gasteiger charge is -2.23. The zero-order chi connectivity index (χ0) is 32.4. The Morgan fingerprint density at radius 2 is 1.63 bits per heavy atom. The number of anilines is 1. The minimum absolute atomic E-state index is 0.0173. The maximum absolute atomic E-state index is 13.3. The van der Waals surface area contributed by atoms with E-state index in [0.717, 1.165) is 21.7 Å². The summed E-state index contributed by atoms with van der Waals surface area (Å²) in [5.74, 6) is -0.350. The Labute approximate surface area is 275 Å². The largest absolute Gasteiger partial charge is 0.492 e. The molecule has 3 aromatic carbocycles. The van der Waals surface area contributed by atoms with Gasteiger partial charge < -0.3 is 14.4 Å². The van der Waals surface area contributed by atoms with Gasteiger partial charge in [0.2, 0.25) is 5.91 Å². The van der Waals surface area contributed by atoms with E-state index in [2.05, 4.69) is 4.98 Å². The molecule has 5 aromatic rings. The van der Waals surface area contributed by atoms with Crippen LogP contribution in [-0.2, 0) is 17.8 Å². The molecule has 3 amide bonds. The molecular formula is C35H28Cl2N4O5. The Bertz CT molecular complexity index is 1950. The van der Waals surface area contributed by atoms with Crippen LogP contribution in [0.3, 0.4) is 0 Å². The van der Waals surface area contributed by atoms with Gasteiger partial charge in [0.05, 0.1) is 28.4 Å². The third-order valence-corrected chi connectivity index (χ3v) is 8.46. The molecule has 0 spiro atoms. The monoisotopic (exact) mass is 654 g/mol. The molecule has 2 aromatic heterocycles. The van der Waals surface area contributed by atoms with Gasteiger partial charge in [-0.05, 0) is 55.5 Å². The first-order valence-electron chi connectivity index (χ1n) is 14.5. The molecule has 0 radical (unpaired) electrons. The lowest BCUT2D eigenvalue weighted by atomic mass is 10.1. The molecule has 0 bridgehead atoms. The minimum atomic E-state index is -0.515. The molecule has 0 aliphatic carbocycles. The number of halogens is 2. The van der Waals surface area contributed by atoms with Crippen molar-refractivity contribution in [3.05, 3.63) is 123 Å². The van der Waals surface area contributed by atoms with Crippen LogP contribution in [0.2, 0.25) is 10.0 Å². The Kier molecular flexibility index (Phi) is 8.87. The molecule has 11 heteroatoms. The summed E-state index contributed by atoms with van der Waals surface area (Å²) in [6.07, 6.45) is 2.41. The van der Waals surface area contributed by atoms with Crippen LogP contribution in [0.15, 0.2) is 85.1 Å². The highest BCUT2D eigenvalue weighted by Gasteiger charge is 2.37. The van der Waals surface area contributed by atoms with E-state index < -0.39 is 24.3 Å². The van der Waals surface area contributed by atoms with Crippen molar-refractivity contribution in [3.8, 4) is 11.5 Å². The summed E-state index contributed by atoms with van der Waals surface area (Å²) in [5.41, 5.74) is 3.66. The van der Waals surface area contributed by atoms with Crippen molar-refractivity contribution >= 4 is 57.5 Å². The van der Waals surface area contributed by atoms with Crippen LogP contribution >= 0.6 is 23.2 Å². The molecular weight excluding hydrogens is 627 g/mol. The fraction of sp³-hybridized carbons (Fsp3) is 0.171. The van der Waals surface area contributed by atoms with Crippen molar-refractivity contribution in [2.75, 3.05) is 25.1 Å². The number of likely N-dealkylation sites (N-methyl/N-ethyl adjacent to an activating group) is 1. The first kappa shape index (κ1) is 31.0. The molecule has 0 unspecified atom stereocenters. The second kappa shape index (κ2) is 13.2. The lowest BCUT2D eigenvalue weighted by Crippen LogP contribution is -2.41. The molecule has 0 saturated carbocycles. The number of aromatic nitrogens is 2. The maximum atomic E-state index is 13.3. The Balaban J connectivity index is 1.18. The number of rotatable bonds is 10. The van der Waals surface area contributed by atoms with Gasteiger partial charge in [0, 0.05) is 53.1 Å². The van der Waals surface area contributed by atoms with E-state index in [0.29, 0.717) is 46.3 Å². The van der Waals surface area contributed by atoms with E-state index in [1.807, 2.05) is 43.3 Å². The average Bonchev–Trinajstić information content (AvgIpc) is 3.29. The highest BCUT2D eigenvalue weighted by molar-refractivity contribution is 6.38. The first-order chi connectivity index (χ1) is 22.2. The molecule has 1 aliphatic heterocycles. The van der Waals surface area contributed by atoms with Gasteiger partial charge >= 0.3 is 0 Å². The number of ether oxygens (including phenoxy) is 2. The van der Waals surface area contributed by atoms with Gasteiger partial charge in [-0.1, -0.05) is 47.5 Å². The van der Waals surface area contributed by atoms with Crippen LogP contribution in [0.5, 0.6) is 11.5 Å². The smallest absolute Gasteiger partial charge is 0.262 e. The quantitative estimate of drug-likeness (QED) is 0.154. The van der Waals surface area contributed by atoms with Crippen molar-refractivity contribution in [3.63, 3.8) is 0 Å². The van der Waals surface area contributed by atoms with E-state index in [9.17, 15) is 14.4 Å². The molecule has 46 heavy (non-hydrogen) atoms. The van der Waals surface area contributed by atoms with Gasteiger partial charge in [-0.25, -0.2) is 4.98 Å². The number of hydrogen-bond donors (Lipinski definition) is 0. The van der Waals surface area contributed by atoms with Crippen LogP contribution in [0.1, 0.15) is 37.7 Å². The third-order valence-electron chi connectivity index (χ3n) is 7.68. The molecule has 232 valence electrons. The molecule has 9 nitrogen and oxygen atoms in total. The van der Waals surface area contributed by atoms with Crippen LogP contribution < -0.4 is 14.4 Å². The number of para-hydroxylation sites is 1. The van der Waals surface area contributed by atoms with Crippen molar-refractivity contribution in [2.24, 2.45) is 0 Å². The standard InChI is InChI=1S/C35H28Cl2N4O5/c1-21-18-30(45-17-15-22-8-5-6-16-38-22)25-11-7-12-29(33(25)39-21)46-20-26-27(36)13-14-28(32(26)37)40(2)31(42)19-41-34(43)23-9-3-4-10-24(23)35(41)44/h3-14,16,18H,15,17,19-20H2,1-2H3. The number of pyridine rings is 2. The number of imide groups is 1. The summed E-state index contributed by atoms with van der Waals surface area (Å²) < 4.78 is 12.4. The minimum Gasteiger partial charge on any atom is -0.492 e. The summed E-state index contributed by atoms with van der Waals surface area (Å²) in [7, 11) is 1.52. The summed E-state index contributed by atoms with van der Waals surface area (Å²) in [5, 5.41) is 1.33. The fourth-order valence-corrected chi connectivity index (χ4v) is 5.85. The number of nitrogens with zero attached hydrogens (tertiary/aromatic N) is 4. The maximum Gasteiger partial charge on any atom is 0.262 e. The second-order valence-corrected chi connectivity index (χ2v) is 11.5. The van der Waals surface area contributed by atoms with Gasteiger partial charge in [0.1, 0.15) is 30.2 Å². The topological polar surface area (TPSA) is 102 Å². The molecule has 0 saturated heterocycles. The van der Waals surface area contributed by atoms with Crippen LogP contribution in [0.25, 0.3) is 10.9 Å². The normalized spacial score (nSPS) is 12.4. The Morgan fingerprint density at radius 1 is 0.891 bits per heavy atom. The number of carbonyl (C=O) groups excluding carboxylic acids is 3. The predicted octanol–water partition coefficient (Wildman–Crippen LogP) is 6.70. The SMILES string of the molecule is Cc1cc(OCCc2ccccn2)c2cccc(OCc3c(Cl)ccc(N(C)C(=O)CN4C(=O)c5ccccc5C4=O)c3Cl)c2n1. The van der Waals surface area contributed by atoms with Crippen molar-refractivity contribution in [2.45, 2.75) is 20.0 Å². The number of carbonyl (C=O) groups is 3. The van der Waals surface area contributed by atoms with Gasteiger partial charge in [0.15, 0.2) is 0 Å². The highest BCUT2D eigenvalue weighted by atomic mass is 35.5. The number of amides is 3. The lowest BCUT2D eigenvalue weighted by molar-refractivity contribution is -0.118. The molecule has 0 fully saturated rings. The van der Waals surface area contributed by atoms with Gasteiger partial charge in [-0.3, -0.25) is 24.3 Å². The summed E-state index contributed by atoms with van der Waals surface area (Å²) in [6.45, 7) is 1.86. The van der Waals surface area contributed by atoms with E-state index >= 15 is 0 Å². The molecule has 1 aliphatic rings. The average molecular weight is 656 g/mol. The van der Waals surface area contributed by atoms with E-state index in [1.165, 1.54) is 11.9 Å². The molecule has 0 N–H and O–H groups in total. The zero-order valence-electron chi connectivity index (χ0n) is 25.0. The number of aryl methyl sites for hydroxylation is 1. The molecule has 3 heterocycles. The van der Waals surface area contributed by atoms with E-state index in [1.54, 1.807) is 48.7 Å². The number of benzene rings is 3. The van der Waals surface area contributed by atoms with Crippen molar-refractivity contribution < 1.29 is 23.9 Å². The first-order valence-corrected chi connectivity index (χ1v) is 15.2. The number of hydrogen-bond acceptors (Lipinski definition) is 7. The summed E-state index contributed by atoms with van der Waals surface area (Å²) in [6, 6.07) is 22.9. The van der Waals surface area contributed by atoms with Gasteiger partial charge in [-0.2, -0.15) is 0 Å². The Hall–Kier alpha value is -4.99. The molecule has 0 atom stereocenters. The molecule has 6 rings (SSSR count). The van der Waals surface area contributed by atoms with Gasteiger partial charge in [-0.15, -0.1) is 0 Å². The van der Waals surface area contributed by atoms with Gasteiger partial charge in [0.25, 0.3) is 11.8 Å². The van der Waals surface area contributed by atoms with E-state index in [-0.39, 0.29) is 22.8 Å². The van der Waals surface area contributed by atoms with Crippen LogP contribution in [0.4, 0.5) is 5.69 Å². The third kappa shape index (κ3) is 6.11. The van der Waals surface area contributed by atoms with Crippen molar-refractivity contribution in [1.82, 2.24) is 14.9 Å². The summed E-state index contributed by atoms with van der Waals surface area (Å²) in [4.78, 5) is 50.1. The highest BCUT2D eigenvalue weighted by Crippen LogP contribution is 2.37.